The number of pyridine rings is 1. The molecule has 0 unspecified atom stereocenters. The van der Waals surface area contributed by atoms with Gasteiger partial charge in [0, 0.05) is 13.2 Å². The van der Waals surface area contributed by atoms with Crippen LogP contribution >= 0.6 is 11.3 Å². The van der Waals surface area contributed by atoms with Crippen molar-refractivity contribution in [3.8, 4) is 22.1 Å². The van der Waals surface area contributed by atoms with Crippen molar-refractivity contribution >= 4 is 17.3 Å². The van der Waals surface area contributed by atoms with Gasteiger partial charge in [0.2, 0.25) is 0 Å². The Balaban J connectivity index is 1.91. The Morgan fingerprint density at radius 3 is 3.00 bits per heavy atom. The van der Waals surface area contributed by atoms with Crippen LogP contribution in [-0.2, 0) is 19.9 Å². The first kappa shape index (κ1) is 14.0. The molecule has 0 atom stereocenters. The van der Waals surface area contributed by atoms with Gasteiger partial charge in [0.25, 0.3) is 0 Å². The van der Waals surface area contributed by atoms with Crippen LogP contribution in [0.5, 0.6) is 10.8 Å². The zero-order valence-corrected chi connectivity index (χ0v) is 13.1. The highest BCUT2D eigenvalue weighted by molar-refractivity contribution is 7.16. The molecule has 0 fully saturated rings. The predicted molar refractivity (Wildman–Crippen MR) is 85.2 cm³/mol. The summed E-state index contributed by atoms with van der Waals surface area (Å²) in [5.74, 6) is -0.333. The van der Waals surface area contributed by atoms with E-state index in [9.17, 15) is 9.90 Å². The molecule has 1 N–H and O–H groups in total. The number of aromatic nitrogens is 3. The largest absolute Gasteiger partial charge is 0.477 e. The quantitative estimate of drug-likeness (QED) is 0.799. The standard InChI is InChI=1S/C16H13N3O3S/c1-19-13-9(7-18-19)4-5-11-12(13)16(23-14(11)15(20)21)22-10-3-2-6-17-8-10/h2-3,6-8H,4-5H2,1H3,(H,20,21). The normalized spacial score (nSPS) is 12.6. The van der Waals surface area contributed by atoms with Crippen LogP contribution in [0.3, 0.4) is 0 Å². The van der Waals surface area contributed by atoms with E-state index in [-0.39, 0.29) is 0 Å². The van der Waals surface area contributed by atoms with Crippen LogP contribution in [-0.4, -0.2) is 25.8 Å². The first-order chi connectivity index (χ1) is 11.1. The van der Waals surface area contributed by atoms with E-state index < -0.39 is 5.97 Å². The molecule has 0 radical (unpaired) electrons. The lowest BCUT2D eigenvalue weighted by molar-refractivity contribution is 0.0701. The van der Waals surface area contributed by atoms with Gasteiger partial charge in [0.1, 0.15) is 10.6 Å². The number of hydrogen-bond acceptors (Lipinski definition) is 5. The number of nitrogens with zero attached hydrogens (tertiary/aromatic N) is 3. The fraction of sp³-hybridized carbons (Fsp3) is 0.188. The minimum atomic E-state index is -0.919. The maximum atomic E-state index is 11.6. The van der Waals surface area contributed by atoms with Crippen molar-refractivity contribution in [3.63, 3.8) is 0 Å². The number of hydrogen-bond donors (Lipinski definition) is 1. The highest BCUT2D eigenvalue weighted by Gasteiger charge is 2.31. The van der Waals surface area contributed by atoms with Crippen LogP contribution in [0, 0.1) is 0 Å². The summed E-state index contributed by atoms with van der Waals surface area (Å²) in [6, 6.07) is 3.58. The van der Waals surface area contributed by atoms with E-state index in [1.165, 1.54) is 0 Å². The number of carboxylic acids is 1. The molecule has 7 heteroatoms. The molecule has 23 heavy (non-hydrogen) atoms. The van der Waals surface area contributed by atoms with Crippen LogP contribution in [0.2, 0.25) is 0 Å². The molecule has 3 aromatic rings. The molecule has 3 heterocycles. The summed E-state index contributed by atoms with van der Waals surface area (Å²) < 4.78 is 7.72. The lowest BCUT2D eigenvalue weighted by atomic mass is 9.92. The highest BCUT2D eigenvalue weighted by atomic mass is 32.1. The van der Waals surface area contributed by atoms with E-state index in [0.29, 0.717) is 22.1 Å². The number of aryl methyl sites for hydroxylation is 2. The molecule has 0 bridgehead atoms. The Hall–Kier alpha value is -2.67. The SMILES string of the molecule is Cn1ncc2c1-c1c(Oc3cccnc3)sc(C(=O)O)c1CC2. The second kappa shape index (κ2) is 5.20. The van der Waals surface area contributed by atoms with Crippen molar-refractivity contribution in [3.05, 3.63) is 46.7 Å². The molecule has 6 nitrogen and oxygen atoms in total. The summed E-state index contributed by atoms with van der Waals surface area (Å²) in [4.78, 5) is 16.0. The number of carboxylic acid groups (broad SMARTS) is 1. The maximum Gasteiger partial charge on any atom is 0.346 e. The molecule has 0 spiro atoms. The molecule has 0 aliphatic heterocycles. The molecule has 4 rings (SSSR count). The molecule has 0 saturated heterocycles. The van der Waals surface area contributed by atoms with Gasteiger partial charge in [-0.05, 0) is 36.1 Å². The van der Waals surface area contributed by atoms with Crippen molar-refractivity contribution in [2.75, 3.05) is 0 Å². The molecular weight excluding hydrogens is 314 g/mol. The molecule has 0 aromatic carbocycles. The van der Waals surface area contributed by atoms with Crippen LogP contribution in [0.4, 0.5) is 0 Å². The number of fused-ring (bicyclic) bond motifs is 3. The van der Waals surface area contributed by atoms with E-state index in [1.807, 2.05) is 13.2 Å². The Morgan fingerprint density at radius 2 is 2.26 bits per heavy atom. The van der Waals surface area contributed by atoms with Gasteiger partial charge in [-0.3, -0.25) is 9.67 Å². The van der Waals surface area contributed by atoms with Gasteiger partial charge >= 0.3 is 5.97 Å². The van der Waals surface area contributed by atoms with Crippen molar-refractivity contribution in [2.24, 2.45) is 7.05 Å². The third-order valence-electron chi connectivity index (χ3n) is 3.91. The molecule has 1 aliphatic carbocycles. The molecule has 0 amide bonds. The smallest absolute Gasteiger partial charge is 0.346 e. The molecule has 116 valence electrons. The monoisotopic (exact) mass is 327 g/mol. The Morgan fingerprint density at radius 1 is 1.39 bits per heavy atom. The number of rotatable bonds is 3. The third kappa shape index (κ3) is 2.20. The van der Waals surface area contributed by atoms with Crippen LogP contribution < -0.4 is 4.74 Å². The summed E-state index contributed by atoms with van der Waals surface area (Å²) in [6.45, 7) is 0. The van der Waals surface area contributed by atoms with E-state index in [2.05, 4.69) is 10.1 Å². The fourth-order valence-electron chi connectivity index (χ4n) is 2.93. The molecule has 1 aliphatic rings. The summed E-state index contributed by atoms with van der Waals surface area (Å²) in [7, 11) is 1.86. The van der Waals surface area contributed by atoms with Gasteiger partial charge in [-0.25, -0.2) is 4.79 Å². The molecule has 0 saturated carbocycles. The number of carbonyl (C=O) groups is 1. The summed E-state index contributed by atoms with van der Waals surface area (Å²) in [5, 5.41) is 14.4. The van der Waals surface area contributed by atoms with Gasteiger partial charge in [0.15, 0.2) is 5.06 Å². The minimum Gasteiger partial charge on any atom is -0.477 e. The first-order valence-corrected chi connectivity index (χ1v) is 7.95. The van der Waals surface area contributed by atoms with Crippen molar-refractivity contribution in [1.29, 1.82) is 0 Å². The van der Waals surface area contributed by atoms with E-state index in [1.54, 1.807) is 29.2 Å². The van der Waals surface area contributed by atoms with E-state index in [0.717, 1.165) is 40.1 Å². The lowest BCUT2D eigenvalue weighted by Crippen LogP contribution is -2.08. The second-order valence-electron chi connectivity index (χ2n) is 5.31. The Bertz CT molecular complexity index is 899. The van der Waals surface area contributed by atoms with E-state index in [4.69, 9.17) is 4.74 Å². The lowest BCUT2D eigenvalue weighted by Gasteiger charge is -2.15. The number of ether oxygens (including phenoxy) is 1. The van der Waals surface area contributed by atoms with Gasteiger partial charge in [-0.15, -0.1) is 0 Å². The topological polar surface area (TPSA) is 77.2 Å². The van der Waals surface area contributed by atoms with Crippen LogP contribution in [0.1, 0.15) is 20.8 Å². The zero-order valence-electron chi connectivity index (χ0n) is 12.3. The van der Waals surface area contributed by atoms with Gasteiger partial charge in [0.05, 0.1) is 23.7 Å². The Kier molecular flexibility index (Phi) is 3.16. The van der Waals surface area contributed by atoms with Gasteiger partial charge in [-0.2, -0.15) is 5.10 Å². The molecular formula is C16H13N3O3S. The predicted octanol–water partition coefficient (Wildman–Crippen LogP) is 3.13. The van der Waals surface area contributed by atoms with Crippen molar-refractivity contribution < 1.29 is 14.6 Å². The van der Waals surface area contributed by atoms with E-state index >= 15 is 0 Å². The van der Waals surface area contributed by atoms with Crippen molar-refractivity contribution in [2.45, 2.75) is 12.8 Å². The minimum absolute atomic E-state index is 0.339. The first-order valence-electron chi connectivity index (χ1n) is 7.13. The third-order valence-corrected chi connectivity index (χ3v) is 5.01. The Labute approximate surface area is 136 Å². The average molecular weight is 327 g/mol. The average Bonchev–Trinajstić information content (AvgIpc) is 3.10. The maximum absolute atomic E-state index is 11.6. The van der Waals surface area contributed by atoms with Crippen LogP contribution in [0.25, 0.3) is 11.3 Å². The summed E-state index contributed by atoms with van der Waals surface area (Å²) >= 11 is 1.16. The number of thiophene rings is 1. The fourth-order valence-corrected chi connectivity index (χ4v) is 3.99. The van der Waals surface area contributed by atoms with Gasteiger partial charge in [-0.1, -0.05) is 11.3 Å². The van der Waals surface area contributed by atoms with Crippen molar-refractivity contribution in [1.82, 2.24) is 14.8 Å². The summed E-state index contributed by atoms with van der Waals surface area (Å²) in [6.07, 6.45) is 6.59. The number of aromatic carboxylic acids is 1. The second-order valence-corrected chi connectivity index (χ2v) is 6.29. The summed E-state index contributed by atoms with van der Waals surface area (Å²) in [5.41, 5.74) is 3.73. The van der Waals surface area contributed by atoms with Gasteiger partial charge < -0.3 is 9.84 Å². The highest BCUT2D eigenvalue weighted by Crippen LogP contribution is 2.48. The van der Waals surface area contributed by atoms with Crippen LogP contribution in [0.15, 0.2) is 30.7 Å². The molecule has 3 aromatic heterocycles. The zero-order chi connectivity index (χ0) is 16.0.